The topological polar surface area (TPSA) is 44.9 Å². The Hall–Kier alpha value is -5.16. The molecule has 0 aliphatic rings. The zero-order chi connectivity index (χ0) is 30.9. The number of aryl methyl sites for hydroxylation is 3. The van der Waals surface area contributed by atoms with Gasteiger partial charge in [-0.25, -0.2) is 9.67 Å². The Kier molecular flexibility index (Phi) is 7.68. The average molecular weight is 591 g/mol. The van der Waals surface area contributed by atoms with Crippen molar-refractivity contribution >= 4 is 21.8 Å². The second kappa shape index (κ2) is 12.1. The third-order valence-electron chi connectivity index (χ3n) is 8.65. The number of benzene rings is 4. The summed E-state index contributed by atoms with van der Waals surface area (Å²) in [7, 11) is 0. The lowest BCUT2D eigenvalue weighted by Crippen LogP contribution is -2.00. The van der Waals surface area contributed by atoms with E-state index >= 15 is 0 Å². The van der Waals surface area contributed by atoms with Gasteiger partial charge in [-0.05, 0) is 93.3 Å². The van der Waals surface area contributed by atoms with E-state index in [0.717, 1.165) is 51.8 Å². The Morgan fingerprint density at radius 3 is 2.40 bits per heavy atom. The van der Waals surface area contributed by atoms with Crippen LogP contribution in [0.5, 0.6) is 11.5 Å². The van der Waals surface area contributed by atoms with Crippen LogP contribution in [-0.2, 0) is 6.42 Å². The van der Waals surface area contributed by atoms with Gasteiger partial charge in [0.25, 0.3) is 0 Å². The summed E-state index contributed by atoms with van der Waals surface area (Å²) in [5, 5.41) is 7.31. The standard InChI is InChI=1S/C40H38N4O/c1-5-6-8-12-30-21-22-41-39(24-30)43-37-20-17-27(2)23-36(37)35-19-18-34(26-38(35)43)45-33-16-11-15-32(25-33)44-29(4)40(28(3)42-44)31-13-9-7-10-14-31/h7,9-11,13-26H,5-6,8,12H2,1-4H3. The van der Waals surface area contributed by atoms with Gasteiger partial charge >= 0.3 is 0 Å². The minimum atomic E-state index is 0.759. The van der Waals surface area contributed by atoms with Crippen LogP contribution in [0.25, 0.3) is 44.4 Å². The van der Waals surface area contributed by atoms with Crippen LogP contribution in [0.15, 0.2) is 109 Å². The lowest BCUT2D eigenvalue weighted by molar-refractivity contribution is 0.483. The maximum atomic E-state index is 6.54. The molecule has 0 unspecified atom stereocenters. The Morgan fingerprint density at radius 1 is 0.711 bits per heavy atom. The van der Waals surface area contributed by atoms with Crippen molar-refractivity contribution in [2.75, 3.05) is 0 Å². The summed E-state index contributed by atoms with van der Waals surface area (Å²) >= 11 is 0. The van der Waals surface area contributed by atoms with Crippen molar-refractivity contribution in [3.05, 3.63) is 132 Å². The number of hydrogen-bond acceptors (Lipinski definition) is 3. The molecule has 0 aliphatic heterocycles. The quantitative estimate of drug-likeness (QED) is 0.157. The van der Waals surface area contributed by atoms with Gasteiger partial charge in [0, 0.05) is 40.4 Å². The van der Waals surface area contributed by atoms with Crippen molar-refractivity contribution in [2.45, 2.75) is 53.4 Å². The molecule has 5 nitrogen and oxygen atoms in total. The molecular weight excluding hydrogens is 552 g/mol. The van der Waals surface area contributed by atoms with E-state index in [2.05, 4.69) is 117 Å². The van der Waals surface area contributed by atoms with Crippen LogP contribution < -0.4 is 4.74 Å². The predicted molar refractivity (Wildman–Crippen MR) is 185 cm³/mol. The van der Waals surface area contributed by atoms with E-state index in [1.54, 1.807) is 0 Å². The molecule has 7 aromatic rings. The number of ether oxygens (including phenoxy) is 1. The first-order valence-electron chi connectivity index (χ1n) is 15.9. The maximum Gasteiger partial charge on any atom is 0.137 e. The van der Waals surface area contributed by atoms with Crippen molar-refractivity contribution in [3.8, 4) is 34.1 Å². The fourth-order valence-electron chi connectivity index (χ4n) is 6.47. The Bertz CT molecular complexity index is 2140. The molecule has 5 heteroatoms. The molecule has 0 saturated carbocycles. The molecule has 3 aromatic heterocycles. The maximum absolute atomic E-state index is 6.54. The third-order valence-corrected chi connectivity index (χ3v) is 8.65. The Balaban J connectivity index is 1.27. The number of aromatic nitrogens is 4. The van der Waals surface area contributed by atoms with Gasteiger partial charge < -0.3 is 4.74 Å². The van der Waals surface area contributed by atoms with Crippen molar-refractivity contribution < 1.29 is 4.74 Å². The molecule has 0 aliphatic carbocycles. The molecule has 0 radical (unpaired) electrons. The second-order valence-corrected chi connectivity index (χ2v) is 11.9. The lowest BCUT2D eigenvalue weighted by Gasteiger charge is -2.11. The average Bonchev–Trinajstić information content (AvgIpc) is 3.54. The van der Waals surface area contributed by atoms with Crippen molar-refractivity contribution in [1.82, 2.24) is 19.3 Å². The zero-order valence-electron chi connectivity index (χ0n) is 26.4. The first kappa shape index (κ1) is 28.6. The molecule has 0 spiro atoms. The number of unbranched alkanes of at least 4 members (excludes halogenated alkanes) is 2. The number of hydrogen-bond donors (Lipinski definition) is 0. The van der Waals surface area contributed by atoms with Crippen molar-refractivity contribution in [2.24, 2.45) is 0 Å². The number of fused-ring (bicyclic) bond motifs is 3. The van der Waals surface area contributed by atoms with Crippen LogP contribution in [0.3, 0.4) is 0 Å². The SMILES string of the molecule is CCCCCc1ccnc(-n2c3ccc(C)cc3c3ccc(Oc4cccc(-n5nc(C)c(-c6ccccc6)c5C)c4)cc32)c1. The predicted octanol–water partition coefficient (Wildman–Crippen LogP) is 10.5. The molecule has 0 fully saturated rings. The highest BCUT2D eigenvalue weighted by Gasteiger charge is 2.17. The van der Waals surface area contributed by atoms with Gasteiger partial charge in [-0.2, -0.15) is 5.10 Å². The third kappa shape index (κ3) is 5.51. The zero-order valence-corrected chi connectivity index (χ0v) is 26.4. The summed E-state index contributed by atoms with van der Waals surface area (Å²) in [5.74, 6) is 2.47. The normalized spacial score (nSPS) is 11.5. The number of nitrogens with zero attached hydrogens (tertiary/aromatic N) is 4. The molecule has 0 saturated heterocycles. The molecule has 224 valence electrons. The number of rotatable bonds is 9. The van der Waals surface area contributed by atoms with E-state index < -0.39 is 0 Å². The van der Waals surface area contributed by atoms with Gasteiger partial charge in [-0.1, -0.05) is 67.8 Å². The summed E-state index contributed by atoms with van der Waals surface area (Å²) in [6.45, 7) is 8.58. The van der Waals surface area contributed by atoms with Crippen LogP contribution >= 0.6 is 0 Å². The van der Waals surface area contributed by atoms with Gasteiger partial charge in [0.05, 0.1) is 22.4 Å². The van der Waals surface area contributed by atoms with E-state index in [-0.39, 0.29) is 0 Å². The summed E-state index contributed by atoms with van der Waals surface area (Å²) in [6, 6.07) is 36.0. The summed E-state index contributed by atoms with van der Waals surface area (Å²) < 4.78 is 10.8. The molecule has 0 amide bonds. The molecular formula is C40H38N4O. The highest BCUT2D eigenvalue weighted by Crippen LogP contribution is 2.36. The fourth-order valence-corrected chi connectivity index (χ4v) is 6.47. The van der Waals surface area contributed by atoms with E-state index in [0.29, 0.717) is 0 Å². The van der Waals surface area contributed by atoms with Crippen LogP contribution in [0.4, 0.5) is 0 Å². The molecule has 45 heavy (non-hydrogen) atoms. The summed E-state index contributed by atoms with van der Waals surface area (Å²) in [4.78, 5) is 4.84. The van der Waals surface area contributed by atoms with Crippen molar-refractivity contribution in [1.29, 1.82) is 0 Å². The monoisotopic (exact) mass is 590 g/mol. The van der Waals surface area contributed by atoms with Crippen LogP contribution in [0, 0.1) is 20.8 Å². The Morgan fingerprint density at radius 2 is 1.56 bits per heavy atom. The van der Waals surface area contributed by atoms with Gasteiger partial charge in [-0.15, -0.1) is 0 Å². The van der Waals surface area contributed by atoms with E-state index in [1.165, 1.54) is 52.3 Å². The highest BCUT2D eigenvalue weighted by molar-refractivity contribution is 6.09. The largest absolute Gasteiger partial charge is 0.457 e. The highest BCUT2D eigenvalue weighted by atomic mass is 16.5. The minimum Gasteiger partial charge on any atom is -0.457 e. The van der Waals surface area contributed by atoms with Crippen LogP contribution in [0.2, 0.25) is 0 Å². The van der Waals surface area contributed by atoms with Crippen LogP contribution in [0.1, 0.15) is 48.7 Å². The molecule has 4 aromatic carbocycles. The van der Waals surface area contributed by atoms with Crippen molar-refractivity contribution in [3.63, 3.8) is 0 Å². The molecule has 0 atom stereocenters. The smallest absolute Gasteiger partial charge is 0.137 e. The first-order chi connectivity index (χ1) is 22.0. The molecule has 7 rings (SSSR count). The van der Waals surface area contributed by atoms with E-state index in [4.69, 9.17) is 14.8 Å². The van der Waals surface area contributed by atoms with E-state index in [9.17, 15) is 0 Å². The first-order valence-corrected chi connectivity index (χ1v) is 15.9. The Labute approximate surface area is 264 Å². The molecule has 0 bridgehead atoms. The summed E-state index contributed by atoms with van der Waals surface area (Å²) in [5.41, 5.74) is 10.2. The number of pyridine rings is 1. The van der Waals surface area contributed by atoms with Gasteiger partial charge in [0.2, 0.25) is 0 Å². The second-order valence-electron chi connectivity index (χ2n) is 11.9. The molecule has 3 heterocycles. The summed E-state index contributed by atoms with van der Waals surface area (Å²) in [6.07, 6.45) is 6.64. The minimum absolute atomic E-state index is 0.759. The lowest BCUT2D eigenvalue weighted by atomic mass is 10.0. The molecule has 0 N–H and O–H groups in total. The van der Waals surface area contributed by atoms with Gasteiger partial charge in [0.1, 0.15) is 17.3 Å². The van der Waals surface area contributed by atoms with Crippen LogP contribution in [-0.4, -0.2) is 19.3 Å². The van der Waals surface area contributed by atoms with Gasteiger partial charge in [0.15, 0.2) is 0 Å². The van der Waals surface area contributed by atoms with Gasteiger partial charge in [-0.3, -0.25) is 4.57 Å². The van der Waals surface area contributed by atoms with E-state index in [1.807, 2.05) is 29.1 Å². The fraction of sp³-hybridized carbons (Fsp3) is 0.200.